The highest BCUT2D eigenvalue weighted by atomic mass is 16.1. The summed E-state index contributed by atoms with van der Waals surface area (Å²) in [6.45, 7) is 3.89. The van der Waals surface area contributed by atoms with Crippen LogP contribution in [0.15, 0.2) is 0 Å². The fraction of sp³-hybridized carbons (Fsp3) is 0.875. The first-order chi connectivity index (χ1) is 5.75. The van der Waals surface area contributed by atoms with E-state index in [0.29, 0.717) is 0 Å². The van der Waals surface area contributed by atoms with Crippen LogP contribution in [0, 0.1) is 0 Å². The van der Waals surface area contributed by atoms with E-state index >= 15 is 0 Å². The fourth-order valence-corrected chi connectivity index (χ4v) is 1.48. The zero-order chi connectivity index (χ0) is 8.97. The van der Waals surface area contributed by atoms with Crippen LogP contribution in [0.2, 0.25) is 0 Å². The van der Waals surface area contributed by atoms with Gasteiger partial charge in [-0.2, -0.15) is 0 Å². The summed E-state index contributed by atoms with van der Waals surface area (Å²) in [7, 11) is 3.86. The fourth-order valence-electron chi connectivity index (χ4n) is 1.48. The maximum absolute atomic E-state index is 10.7. The van der Waals surface area contributed by atoms with Crippen LogP contribution in [0.5, 0.6) is 0 Å². The number of nitrogens with zero attached hydrogens (tertiary/aromatic N) is 2. The highest BCUT2D eigenvalue weighted by molar-refractivity contribution is 5.56. The van der Waals surface area contributed by atoms with Crippen LogP contribution in [0.3, 0.4) is 0 Å². The van der Waals surface area contributed by atoms with Gasteiger partial charge in [0.2, 0.25) is 0 Å². The molecule has 0 aliphatic carbocycles. The summed E-state index contributed by atoms with van der Waals surface area (Å²) in [5, 5.41) is 3.26. The number of rotatable bonds is 3. The molecule has 0 radical (unpaired) electrons. The molecule has 70 valence electrons. The summed E-state index contributed by atoms with van der Waals surface area (Å²) in [5.74, 6) is 0. The normalized spacial score (nSPS) is 22.6. The lowest BCUT2D eigenvalue weighted by Crippen LogP contribution is -2.53. The molecule has 0 aromatic heterocycles. The standard InChI is InChI=1S/C8H17N3O/c1-10(2)8(7-12)11-5-3-9-4-6-11/h7-9H,3-6H2,1-2H3. The third kappa shape index (κ3) is 2.27. The Kier molecular flexibility index (Phi) is 3.65. The average Bonchev–Trinajstić information content (AvgIpc) is 2.07. The second kappa shape index (κ2) is 4.54. The zero-order valence-electron chi connectivity index (χ0n) is 7.79. The van der Waals surface area contributed by atoms with E-state index in [0.717, 1.165) is 32.5 Å². The van der Waals surface area contributed by atoms with Crippen molar-refractivity contribution < 1.29 is 4.79 Å². The number of piperazine rings is 1. The van der Waals surface area contributed by atoms with Gasteiger partial charge in [-0.1, -0.05) is 0 Å². The smallest absolute Gasteiger partial charge is 0.151 e. The van der Waals surface area contributed by atoms with Gasteiger partial charge in [0.1, 0.15) is 6.17 Å². The van der Waals surface area contributed by atoms with Crippen molar-refractivity contribution >= 4 is 6.29 Å². The number of hydrogen-bond donors (Lipinski definition) is 1. The highest BCUT2D eigenvalue weighted by Gasteiger charge is 2.20. The molecule has 4 nitrogen and oxygen atoms in total. The summed E-state index contributed by atoms with van der Waals surface area (Å²) in [6.07, 6.45) is 0.956. The number of likely N-dealkylation sites (N-methyl/N-ethyl adjacent to an activating group) is 1. The molecule has 4 heteroatoms. The van der Waals surface area contributed by atoms with Crippen molar-refractivity contribution in [3.05, 3.63) is 0 Å². The van der Waals surface area contributed by atoms with E-state index in [9.17, 15) is 4.79 Å². The van der Waals surface area contributed by atoms with Crippen LogP contribution in [-0.4, -0.2) is 62.5 Å². The Bertz CT molecular complexity index is 143. The van der Waals surface area contributed by atoms with Crippen LogP contribution in [0.4, 0.5) is 0 Å². The van der Waals surface area contributed by atoms with E-state index in [1.165, 1.54) is 0 Å². The first-order valence-electron chi connectivity index (χ1n) is 4.32. The van der Waals surface area contributed by atoms with Crippen LogP contribution in [0.25, 0.3) is 0 Å². The van der Waals surface area contributed by atoms with Crippen LogP contribution >= 0.6 is 0 Å². The lowest BCUT2D eigenvalue weighted by Gasteiger charge is -2.35. The van der Waals surface area contributed by atoms with Gasteiger partial charge in [0.05, 0.1) is 0 Å². The second-order valence-corrected chi connectivity index (χ2v) is 3.30. The van der Waals surface area contributed by atoms with Crippen molar-refractivity contribution in [2.45, 2.75) is 6.17 Å². The van der Waals surface area contributed by atoms with Gasteiger partial charge in [0.25, 0.3) is 0 Å². The molecule has 1 saturated heterocycles. The average molecular weight is 171 g/mol. The molecule has 1 aliphatic heterocycles. The maximum Gasteiger partial charge on any atom is 0.151 e. The minimum absolute atomic E-state index is 0.0490. The van der Waals surface area contributed by atoms with E-state index in [2.05, 4.69) is 10.2 Å². The van der Waals surface area contributed by atoms with Gasteiger partial charge in [-0.25, -0.2) is 0 Å². The molecule has 0 saturated carbocycles. The molecule has 0 spiro atoms. The minimum atomic E-state index is -0.0490. The maximum atomic E-state index is 10.7. The summed E-state index contributed by atoms with van der Waals surface area (Å²) in [4.78, 5) is 14.9. The lowest BCUT2D eigenvalue weighted by molar-refractivity contribution is -0.117. The molecular weight excluding hydrogens is 154 g/mol. The van der Waals surface area contributed by atoms with Crippen molar-refractivity contribution in [3.8, 4) is 0 Å². The van der Waals surface area contributed by atoms with Crippen LogP contribution in [-0.2, 0) is 4.79 Å². The molecular formula is C8H17N3O. The van der Waals surface area contributed by atoms with Gasteiger partial charge in [-0.05, 0) is 14.1 Å². The topological polar surface area (TPSA) is 35.6 Å². The van der Waals surface area contributed by atoms with Crippen molar-refractivity contribution in [2.75, 3.05) is 40.3 Å². The lowest BCUT2D eigenvalue weighted by atomic mass is 10.3. The van der Waals surface area contributed by atoms with Gasteiger partial charge >= 0.3 is 0 Å². The quantitative estimate of drug-likeness (QED) is 0.551. The summed E-state index contributed by atoms with van der Waals surface area (Å²) < 4.78 is 0. The number of aldehydes is 1. The largest absolute Gasteiger partial charge is 0.314 e. The third-order valence-electron chi connectivity index (χ3n) is 2.18. The van der Waals surface area contributed by atoms with E-state index in [4.69, 9.17) is 0 Å². The molecule has 0 bridgehead atoms. The van der Waals surface area contributed by atoms with E-state index in [-0.39, 0.29) is 6.17 Å². The Morgan fingerprint density at radius 1 is 1.42 bits per heavy atom. The number of nitrogens with one attached hydrogen (secondary N) is 1. The van der Waals surface area contributed by atoms with Crippen molar-refractivity contribution in [3.63, 3.8) is 0 Å². The first kappa shape index (κ1) is 9.64. The Balaban J connectivity index is 2.45. The molecule has 1 N–H and O–H groups in total. The number of carbonyl (C=O) groups is 1. The molecule has 0 aromatic carbocycles. The summed E-state index contributed by atoms with van der Waals surface area (Å²) in [6, 6.07) is 0. The van der Waals surface area contributed by atoms with Crippen LogP contribution in [0.1, 0.15) is 0 Å². The SMILES string of the molecule is CN(C)C(C=O)N1CCNCC1. The molecule has 0 aromatic rings. The number of carbonyl (C=O) groups excluding carboxylic acids is 1. The van der Waals surface area contributed by atoms with E-state index < -0.39 is 0 Å². The van der Waals surface area contributed by atoms with Gasteiger partial charge in [0, 0.05) is 26.2 Å². The molecule has 1 fully saturated rings. The molecule has 1 heterocycles. The Morgan fingerprint density at radius 2 is 2.00 bits per heavy atom. The van der Waals surface area contributed by atoms with Crippen molar-refractivity contribution in [1.29, 1.82) is 0 Å². The summed E-state index contributed by atoms with van der Waals surface area (Å²) in [5.41, 5.74) is 0. The van der Waals surface area contributed by atoms with Crippen molar-refractivity contribution in [1.82, 2.24) is 15.1 Å². The predicted molar refractivity (Wildman–Crippen MR) is 48.0 cm³/mol. The molecule has 1 atom stereocenters. The highest BCUT2D eigenvalue weighted by Crippen LogP contribution is 2.00. The van der Waals surface area contributed by atoms with E-state index in [1.807, 2.05) is 19.0 Å². The van der Waals surface area contributed by atoms with Gasteiger partial charge in [-0.3, -0.25) is 9.80 Å². The third-order valence-corrected chi connectivity index (χ3v) is 2.18. The zero-order valence-corrected chi connectivity index (χ0v) is 7.79. The van der Waals surface area contributed by atoms with E-state index in [1.54, 1.807) is 0 Å². The predicted octanol–water partition coefficient (Wildman–Crippen LogP) is -1.02. The minimum Gasteiger partial charge on any atom is -0.314 e. The Hall–Kier alpha value is -0.450. The van der Waals surface area contributed by atoms with Gasteiger partial charge in [0.15, 0.2) is 6.29 Å². The molecule has 1 rings (SSSR count). The molecule has 0 amide bonds. The Labute approximate surface area is 73.5 Å². The monoisotopic (exact) mass is 171 g/mol. The molecule has 1 unspecified atom stereocenters. The first-order valence-corrected chi connectivity index (χ1v) is 4.32. The number of hydrogen-bond acceptors (Lipinski definition) is 4. The molecule has 1 aliphatic rings. The second-order valence-electron chi connectivity index (χ2n) is 3.30. The summed E-state index contributed by atoms with van der Waals surface area (Å²) >= 11 is 0. The Morgan fingerprint density at radius 3 is 2.42 bits per heavy atom. The molecule has 12 heavy (non-hydrogen) atoms. The van der Waals surface area contributed by atoms with Gasteiger partial charge in [-0.15, -0.1) is 0 Å². The van der Waals surface area contributed by atoms with Crippen LogP contribution < -0.4 is 5.32 Å². The van der Waals surface area contributed by atoms with Gasteiger partial charge < -0.3 is 10.1 Å². The van der Waals surface area contributed by atoms with Crippen molar-refractivity contribution in [2.24, 2.45) is 0 Å².